The van der Waals surface area contributed by atoms with Gasteiger partial charge < -0.3 is 5.73 Å². The van der Waals surface area contributed by atoms with Crippen molar-refractivity contribution in [2.45, 2.75) is 65.8 Å². The molecule has 0 aromatic rings. The van der Waals surface area contributed by atoms with Crippen LogP contribution in [0.1, 0.15) is 60.3 Å². The molecule has 0 radical (unpaired) electrons. The van der Waals surface area contributed by atoms with Crippen LogP contribution in [0.3, 0.4) is 0 Å². The van der Waals surface area contributed by atoms with Crippen LogP contribution in [-0.4, -0.2) is 30.1 Å². The van der Waals surface area contributed by atoms with Crippen LogP contribution in [0.4, 0.5) is 0 Å². The van der Waals surface area contributed by atoms with Gasteiger partial charge in [-0.1, -0.05) is 47.5 Å². The van der Waals surface area contributed by atoms with Gasteiger partial charge >= 0.3 is 0 Å². The Morgan fingerprint density at radius 3 is 2.42 bits per heavy atom. The molecular formula is C17H34N2. The summed E-state index contributed by atoms with van der Waals surface area (Å²) in [5.74, 6) is 2.40. The third-order valence-electron chi connectivity index (χ3n) is 6.37. The minimum atomic E-state index is 0.289. The summed E-state index contributed by atoms with van der Waals surface area (Å²) in [6.07, 6.45) is 5.41. The lowest BCUT2D eigenvalue weighted by atomic mass is 9.67. The van der Waals surface area contributed by atoms with E-state index in [0.717, 1.165) is 24.3 Å². The Bertz CT molecular complexity index is 307. The molecule has 1 aliphatic carbocycles. The topological polar surface area (TPSA) is 29.3 Å². The first-order chi connectivity index (χ1) is 8.81. The zero-order valence-electron chi connectivity index (χ0n) is 13.7. The molecule has 0 aromatic carbocycles. The third kappa shape index (κ3) is 2.71. The zero-order valence-corrected chi connectivity index (χ0v) is 13.7. The van der Waals surface area contributed by atoms with E-state index in [-0.39, 0.29) is 5.54 Å². The van der Waals surface area contributed by atoms with Crippen LogP contribution in [0.15, 0.2) is 0 Å². The number of hydrogen-bond donors (Lipinski definition) is 1. The number of nitrogens with two attached hydrogens (primary N) is 1. The summed E-state index contributed by atoms with van der Waals surface area (Å²) in [5.41, 5.74) is 7.01. The molecule has 2 rings (SSSR count). The quantitative estimate of drug-likeness (QED) is 0.829. The average molecular weight is 266 g/mol. The lowest BCUT2D eigenvalue weighted by molar-refractivity contribution is -0.000872. The van der Waals surface area contributed by atoms with Crippen molar-refractivity contribution in [2.24, 2.45) is 28.9 Å². The minimum Gasteiger partial charge on any atom is -0.329 e. The van der Waals surface area contributed by atoms with Crippen LogP contribution in [0, 0.1) is 23.2 Å². The van der Waals surface area contributed by atoms with Crippen molar-refractivity contribution >= 4 is 0 Å². The highest BCUT2D eigenvalue weighted by Crippen LogP contribution is 2.45. The predicted octanol–water partition coefficient (Wildman–Crippen LogP) is 3.51. The highest BCUT2D eigenvalue weighted by molar-refractivity contribution is 5.03. The molecule has 1 saturated carbocycles. The van der Waals surface area contributed by atoms with Gasteiger partial charge in [-0.25, -0.2) is 0 Å². The van der Waals surface area contributed by atoms with E-state index in [0.29, 0.717) is 5.41 Å². The van der Waals surface area contributed by atoms with E-state index in [1.54, 1.807) is 0 Å². The molecule has 112 valence electrons. The van der Waals surface area contributed by atoms with Crippen LogP contribution in [0.2, 0.25) is 0 Å². The van der Waals surface area contributed by atoms with Gasteiger partial charge in [0.2, 0.25) is 0 Å². The zero-order chi connectivity index (χ0) is 14.3. The number of rotatable bonds is 2. The standard InChI is InChI=1S/C17H34N2/c1-13-7-6-9-17(12-18,14(13)2)19-10-8-15(11-19)16(3,4)5/h13-15H,6-12,18H2,1-5H3. The fourth-order valence-electron chi connectivity index (χ4n) is 4.47. The molecule has 1 heterocycles. The monoisotopic (exact) mass is 266 g/mol. The van der Waals surface area contributed by atoms with Crippen molar-refractivity contribution in [3.8, 4) is 0 Å². The first-order valence-electron chi connectivity index (χ1n) is 8.26. The predicted molar refractivity (Wildman–Crippen MR) is 83.1 cm³/mol. The van der Waals surface area contributed by atoms with Crippen LogP contribution in [-0.2, 0) is 0 Å². The molecule has 4 atom stereocenters. The second-order valence-corrected chi connectivity index (χ2v) is 8.26. The van der Waals surface area contributed by atoms with E-state index in [4.69, 9.17) is 5.73 Å². The SMILES string of the molecule is CC1CCCC(CN)(N2CCC(C(C)(C)C)C2)C1C. The fourth-order valence-corrected chi connectivity index (χ4v) is 4.47. The number of nitrogens with zero attached hydrogens (tertiary/aromatic N) is 1. The Hall–Kier alpha value is -0.0800. The smallest absolute Gasteiger partial charge is 0.0359 e. The number of hydrogen-bond acceptors (Lipinski definition) is 2. The summed E-state index contributed by atoms with van der Waals surface area (Å²) in [7, 11) is 0. The van der Waals surface area contributed by atoms with Gasteiger partial charge in [-0.05, 0) is 42.6 Å². The Morgan fingerprint density at radius 1 is 1.21 bits per heavy atom. The van der Waals surface area contributed by atoms with Crippen molar-refractivity contribution in [3.05, 3.63) is 0 Å². The van der Waals surface area contributed by atoms with E-state index < -0.39 is 0 Å². The van der Waals surface area contributed by atoms with E-state index in [2.05, 4.69) is 39.5 Å². The molecule has 0 bridgehead atoms. The fraction of sp³-hybridized carbons (Fsp3) is 1.00. The molecule has 0 amide bonds. The summed E-state index contributed by atoms with van der Waals surface area (Å²) in [6.45, 7) is 15.4. The molecule has 2 heteroatoms. The van der Waals surface area contributed by atoms with Gasteiger partial charge in [-0.15, -0.1) is 0 Å². The van der Waals surface area contributed by atoms with Crippen molar-refractivity contribution in [3.63, 3.8) is 0 Å². The summed E-state index contributed by atoms with van der Waals surface area (Å²) >= 11 is 0. The van der Waals surface area contributed by atoms with Crippen molar-refractivity contribution in [1.82, 2.24) is 4.90 Å². The van der Waals surface area contributed by atoms with Gasteiger partial charge in [0.1, 0.15) is 0 Å². The van der Waals surface area contributed by atoms with E-state index >= 15 is 0 Å². The summed E-state index contributed by atoms with van der Waals surface area (Å²) in [5, 5.41) is 0. The maximum Gasteiger partial charge on any atom is 0.0359 e. The first-order valence-corrected chi connectivity index (χ1v) is 8.26. The van der Waals surface area contributed by atoms with Crippen molar-refractivity contribution in [2.75, 3.05) is 19.6 Å². The van der Waals surface area contributed by atoms with Gasteiger partial charge in [-0.3, -0.25) is 4.90 Å². The largest absolute Gasteiger partial charge is 0.329 e. The molecule has 2 N–H and O–H groups in total. The van der Waals surface area contributed by atoms with Gasteiger partial charge in [-0.2, -0.15) is 0 Å². The molecule has 1 saturated heterocycles. The summed E-state index contributed by atoms with van der Waals surface area (Å²) in [4.78, 5) is 2.77. The van der Waals surface area contributed by atoms with Gasteiger partial charge in [0.25, 0.3) is 0 Å². The molecule has 0 spiro atoms. The van der Waals surface area contributed by atoms with E-state index in [9.17, 15) is 0 Å². The highest BCUT2D eigenvalue weighted by atomic mass is 15.2. The molecule has 2 nitrogen and oxygen atoms in total. The van der Waals surface area contributed by atoms with Crippen LogP contribution in [0.25, 0.3) is 0 Å². The molecule has 2 fully saturated rings. The van der Waals surface area contributed by atoms with Crippen LogP contribution in [0.5, 0.6) is 0 Å². The molecule has 0 aromatic heterocycles. The molecule has 2 aliphatic rings. The first kappa shape index (κ1) is 15.3. The Morgan fingerprint density at radius 2 is 1.89 bits per heavy atom. The van der Waals surface area contributed by atoms with E-state index in [1.807, 2.05) is 0 Å². The second-order valence-electron chi connectivity index (χ2n) is 8.26. The highest BCUT2D eigenvalue weighted by Gasteiger charge is 2.48. The molecular weight excluding hydrogens is 232 g/mol. The Balaban J connectivity index is 2.14. The maximum absolute atomic E-state index is 6.28. The summed E-state index contributed by atoms with van der Waals surface area (Å²) in [6, 6.07) is 0. The van der Waals surface area contributed by atoms with Crippen molar-refractivity contribution < 1.29 is 0 Å². The Kier molecular flexibility index (Phi) is 4.32. The average Bonchev–Trinajstić information content (AvgIpc) is 2.83. The Labute approximate surface area is 120 Å². The van der Waals surface area contributed by atoms with E-state index in [1.165, 1.54) is 38.8 Å². The third-order valence-corrected chi connectivity index (χ3v) is 6.37. The lowest BCUT2D eigenvalue weighted by Crippen LogP contribution is -2.60. The number of likely N-dealkylation sites (tertiary alicyclic amines) is 1. The summed E-state index contributed by atoms with van der Waals surface area (Å²) < 4.78 is 0. The van der Waals surface area contributed by atoms with Crippen LogP contribution < -0.4 is 5.73 Å². The molecule has 1 aliphatic heterocycles. The minimum absolute atomic E-state index is 0.289. The van der Waals surface area contributed by atoms with Crippen LogP contribution >= 0.6 is 0 Å². The van der Waals surface area contributed by atoms with Gasteiger partial charge in [0.05, 0.1) is 0 Å². The van der Waals surface area contributed by atoms with Gasteiger partial charge in [0.15, 0.2) is 0 Å². The molecule has 19 heavy (non-hydrogen) atoms. The maximum atomic E-state index is 6.28. The molecule has 4 unspecified atom stereocenters. The normalized spacial score (nSPS) is 41.7. The van der Waals surface area contributed by atoms with Crippen molar-refractivity contribution in [1.29, 1.82) is 0 Å². The second kappa shape index (κ2) is 5.37. The van der Waals surface area contributed by atoms with Gasteiger partial charge in [0, 0.05) is 18.6 Å². The lowest BCUT2D eigenvalue weighted by Gasteiger charge is -2.51.